The van der Waals surface area contributed by atoms with E-state index in [4.69, 9.17) is 4.74 Å². The van der Waals surface area contributed by atoms with Gasteiger partial charge in [0.1, 0.15) is 11.6 Å². The van der Waals surface area contributed by atoms with Crippen LogP contribution in [0.1, 0.15) is 22.8 Å². The molecule has 0 aliphatic carbocycles. The Bertz CT molecular complexity index is 1100. The second kappa shape index (κ2) is 7.56. The Kier molecular flexibility index (Phi) is 4.81. The van der Waals surface area contributed by atoms with Gasteiger partial charge in [-0.2, -0.15) is 0 Å². The lowest BCUT2D eigenvalue weighted by Crippen LogP contribution is -2.12. The Morgan fingerprint density at radius 1 is 1.07 bits per heavy atom. The van der Waals surface area contributed by atoms with Crippen LogP contribution in [0.25, 0.3) is 22.4 Å². The topological polar surface area (TPSA) is 67.0 Å². The molecule has 1 aromatic heterocycles. The van der Waals surface area contributed by atoms with E-state index in [0.29, 0.717) is 17.0 Å². The number of aryl methyl sites for hydroxylation is 1. The Labute approximate surface area is 163 Å². The average molecular weight is 371 g/mol. The van der Waals surface area contributed by atoms with Gasteiger partial charge in [-0.3, -0.25) is 4.79 Å². The number of ether oxygens (including phenoxy) is 1. The second-order valence-corrected chi connectivity index (χ2v) is 6.52. The van der Waals surface area contributed by atoms with E-state index < -0.39 is 0 Å². The summed E-state index contributed by atoms with van der Waals surface area (Å²) in [6, 6.07) is 21.1. The van der Waals surface area contributed by atoms with Crippen LogP contribution in [-0.2, 0) is 6.42 Å². The maximum atomic E-state index is 12.7. The first-order chi connectivity index (χ1) is 13.7. The van der Waals surface area contributed by atoms with Crippen LogP contribution in [0.3, 0.4) is 0 Å². The fourth-order valence-electron chi connectivity index (χ4n) is 3.13. The summed E-state index contributed by atoms with van der Waals surface area (Å²) in [5.41, 5.74) is 5.14. The number of H-pyrrole nitrogens is 1. The predicted octanol–water partition coefficient (Wildman–Crippen LogP) is 5.05. The minimum absolute atomic E-state index is 0.178. The number of rotatable bonds is 5. The van der Waals surface area contributed by atoms with E-state index in [0.717, 1.165) is 28.8 Å². The van der Waals surface area contributed by atoms with Crippen LogP contribution >= 0.6 is 0 Å². The van der Waals surface area contributed by atoms with Crippen LogP contribution in [0.15, 0.2) is 66.7 Å². The third kappa shape index (κ3) is 3.47. The lowest BCUT2D eigenvalue weighted by molar-refractivity contribution is 0.102. The molecule has 1 heterocycles. The summed E-state index contributed by atoms with van der Waals surface area (Å²) in [6.45, 7) is 2.09. The molecule has 5 heteroatoms. The summed E-state index contributed by atoms with van der Waals surface area (Å²) in [6.07, 6.45) is 0.940. The lowest BCUT2D eigenvalue weighted by atomic mass is 10.1. The van der Waals surface area contributed by atoms with Gasteiger partial charge < -0.3 is 15.0 Å². The first-order valence-corrected chi connectivity index (χ1v) is 9.21. The smallest absolute Gasteiger partial charge is 0.255 e. The third-order valence-electron chi connectivity index (χ3n) is 4.73. The minimum atomic E-state index is -0.178. The molecule has 4 aromatic rings. The van der Waals surface area contributed by atoms with Crippen LogP contribution in [0.5, 0.6) is 5.75 Å². The fraction of sp³-hybridized carbons (Fsp3) is 0.130. The second-order valence-electron chi connectivity index (χ2n) is 6.52. The van der Waals surface area contributed by atoms with Crippen molar-refractivity contribution in [3.63, 3.8) is 0 Å². The Morgan fingerprint density at radius 3 is 2.57 bits per heavy atom. The molecule has 0 unspecified atom stereocenters. The van der Waals surface area contributed by atoms with E-state index in [9.17, 15) is 4.79 Å². The van der Waals surface area contributed by atoms with Crippen LogP contribution < -0.4 is 10.1 Å². The molecule has 3 aromatic carbocycles. The van der Waals surface area contributed by atoms with Crippen molar-refractivity contribution in [3.05, 3.63) is 77.9 Å². The number of aromatic amines is 1. The summed E-state index contributed by atoms with van der Waals surface area (Å²) in [7, 11) is 1.59. The fourth-order valence-corrected chi connectivity index (χ4v) is 3.13. The van der Waals surface area contributed by atoms with E-state index in [1.165, 1.54) is 5.56 Å². The molecule has 0 aliphatic rings. The van der Waals surface area contributed by atoms with Gasteiger partial charge in [-0.1, -0.05) is 31.2 Å². The van der Waals surface area contributed by atoms with Crippen molar-refractivity contribution in [2.45, 2.75) is 13.3 Å². The van der Waals surface area contributed by atoms with E-state index in [1.54, 1.807) is 7.11 Å². The minimum Gasteiger partial charge on any atom is -0.495 e. The largest absolute Gasteiger partial charge is 0.495 e. The number of anilines is 1. The number of carbonyl (C=O) groups is 1. The maximum absolute atomic E-state index is 12.7. The number of benzene rings is 3. The molecule has 4 rings (SSSR count). The van der Waals surface area contributed by atoms with Crippen LogP contribution in [-0.4, -0.2) is 23.0 Å². The summed E-state index contributed by atoms with van der Waals surface area (Å²) in [5.74, 6) is 1.16. The molecule has 2 N–H and O–H groups in total. The standard InChI is InChI=1S/C23H21N3O2/c1-3-15-8-10-16(11-9-15)23(27)26-20-14-17(12-13-21(20)28-2)22-24-18-6-4-5-7-19(18)25-22/h4-14H,3H2,1-2H3,(H,24,25)(H,26,27). The molecular weight excluding hydrogens is 350 g/mol. The van der Waals surface area contributed by atoms with Crippen molar-refractivity contribution >= 4 is 22.6 Å². The number of fused-ring (bicyclic) bond motifs is 1. The molecule has 0 saturated heterocycles. The van der Waals surface area contributed by atoms with E-state index >= 15 is 0 Å². The number of nitrogens with zero attached hydrogens (tertiary/aromatic N) is 1. The van der Waals surface area contributed by atoms with Gasteiger partial charge in [0, 0.05) is 11.1 Å². The van der Waals surface area contributed by atoms with Gasteiger partial charge in [-0.25, -0.2) is 4.98 Å². The monoisotopic (exact) mass is 371 g/mol. The van der Waals surface area contributed by atoms with Gasteiger partial charge in [-0.05, 0) is 54.4 Å². The first-order valence-electron chi connectivity index (χ1n) is 9.21. The van der Waals surface area contributed by atoms with E-state index in [-0.39, 0.29) is 5.91 Å². The molecule has 0 atom stereocenters. The summed E-state index contributed by atoms with van der Waals surface area (Å²) in [5, 5.41) is 2.95. The van der Waals surface area contributed by atoms with Gasteiger partial charge >= 0.3 is 0 Å². The molecule has 1 amide bonds. The first kappa shape index (κ1) is 17.8. The molecule has 0 aliphatic heterocycles. The summed E-state index contributed by atoms with van der Waals surface area (Å²) < 4.78 is 5.42. The van der Waals surface area contributed by atoms with Crippen LogP contribution in [0, 0.1) is 0 Å². The van der Waals surface area contributed by atoms with Gasteiger partial charge in [0.05, 0.1) is 23.8 Å². The maximum Gasteiger partial charge on any atom is 0.255 e. The number of nitrogens with one attached hydrogen (secondary N) is 2. The van der Waals surface area contributed by atoms with Gasteiger partial charge in [-0.15, -0.1) is 0 Å². The number of amides is 1. The van der Waals surface area contributed by atoms with Crippen molar-refractivity contribution in [2.24, 2.45) is 0 Å². The molecule has 0 bridgehead atoms. The number of aromatic nitrogens is 2. The van der Waals surface area contributed by atoms with Crippen molar-refractivity contribution < 1.29 is 9.53 Å². The number of carbonyl (C=O) groups excluding carboxylic acids is 1. The molecule has 5 nitrogen and oxygen atoms in total. The molecular formula is C23H21N3O2. The zero-order chi connectivity index (χ0) is 19.5. The highest BCUT2D eigenvalue weighted by atomic mass is 16.5. The number of hydrogen-bond donors (Lipinski definition) is 2. The Hall–Kier alpha value is -3.60. The lowest BCUT2D eigenvalue weighted by Gasteiger charge is -2.12. The third-order valence-corrected chi connectivity index (χ3v) is 4.73. The highest BCUT2D eigenvalue weighted by Gasteiger charge is 2.13. The summed E-state index contributed by atoms with van der Waals surface area (Å²) in [4.78, 5) is 20.6. The van der Waals surface area contributed by atoms with Crippen molar-refractivity contribution in [1.82, 2.24) is 9.97 Å². The van der Waals surface area contributed by atoms with Crippen molar-refractivity contribution in [3.8, 4) is 17.1 Å². The van der Waals surface area contributed by atoms with Crippen LogP contribution in [0.2, 0.25) is 0 Å². The van der Waals surface area contributed by atoms with Crippen molar-refractivity contribution in [2.75, 3.05) is 12.4 Å². The normalized spacial score (nSPS) is 10.8. The van der Waals surface area contributed by atoms with Gasteiger partial charge in [0.2, 0.25) is 0 Å². The van der Waals surface area contributed by atoms with Gasteiger partial charge in [0.25, 0.3) is 5.91 Å². The number of para-hydroxylation sites is 2. The molecule has 28 heavy (non-hydrogen) atoms. The number of imidazole rings is 1. The number of methoxy groups -OCH3 is 1. The Morgan fingerprint density at radius 2 is 1.86 bits per heavy atom. The SMILES string of the molecule is CCc1ccc(C(=O)Nc2cc(-c3nc4ccccc4[nH]3)ccc2OC)cc1. The molecule has 0 spiro atoms. The quantitative estimate of drug-likeness (QED) is 0.516. The van der Waals surface area contributed by atoms with Crippen molar-refractivity contribution in [1.29, 1.82) is 0 Å². The Balaban J connectivity index is 1.65. The molecule has 140 valence electrons. The highest BCUT2D eigenvalue weighted by Crippen LogP contribution is 2.30. The number of hydrogen-bond acceptors (Lipinski definition) is 3. The van der Waals surface area contributed by atoms with E-state index in [2.05, 4.69) is 22.2 Å². The van der Waals surface area contributed by atoms with E-state index in [1.807, 2.05) is 66.7 Å². The molecule has 0 fully saturated rings. The zero-order valence-corrected chi connectivity index (χ0v) is 15.8. The molecule has 0 saturated carbocycles. The average Bonchev–Trinajstić information content (AvgIpc) is 3.18. The van der Waals surface area contributed by atoms with Crippen LogP contribution in [0.4, 0.5) is 5.69 Å². The molecule has 0 radical (unpaired) electrons. The predicted molar refractivity (Wildman–Crippen MR) is 112 cm³/mol. The van der Waals surface area contributed by atoms with Gasteiger partial charge in [0.15, 0.2) is 0 Å². The highest BCUT2D eigenvalue weighted by molar-refractivity contribution is 6.05. The zero-order valence-electron chi connectivity index (χ0n) is 15.8. The summed E-state index contributed by atoms with van der Waals surface area (Å²) >= 11 is 0.